The molecule has 0 aromatic heterocycles. The lowest BCUT2D eigenvalue weighted by molar-refractivity contribution is -0.137. The van der Waals surface area contributed by atoms with E-state index in [4.69, 9.17) is 14.6 Å². The molecular weight excluding hydrogens is 304 g/mol. The standard InChI is InChI=1S/C20H24O4/c21-20(22)10-6-1-2-7-15-23-18-11-13-19(14-12-18)24-16-17-8-4-3-5-9-17/h3-5,8-9,11-14H,1-2,6-7,10,15-16H2,(H,21,22). The minimum Gasteiger partial charge on any atom is -0.494 e. The Morgan fingerprint density at radius 2 is 1.42 bits per heavy atom. The fourth-order valence-corrected chi connectivity index (χ4v) is 2.29. The molecule has 0 spiro atoms. The van der Waals surface area contributed by atoms with Gasteiger partial charge >= 0.3 is 5.97 Å². The second kappa shape index (κ2) is 10.3. The highest BCUT2D eigenvalue weighted by molar-refractivity contribution is 5.66. The van der Waals surface area contributed by atoms with Crippen molar-refractivity contribution < 1.29 is 19.4 Å². The van der Waals surface area contributed by atoms with Gasteiger partial charge in [0.15, 0.2) is 0 Å². The second-order valence-corrected chi connectivity index (χ2v) is 5.65. The third kappa shape index (κ3) is 7.18. The minimum absolute atomic E-state index is 0.255. The Labute approximate surface area is 143 Å². The molecule has 0 amide bonds. The predicted octanol–water partition coefficient (Wildman–Crippen LogP) is 4.68. The molecule has 0 aliphatic heterocycles. The molecule has 0 fully saturated rings. The molecule has 4 heteroatoms. The maximum Gasteiger partial charge on any atom is 0.303 e. The molecule has 24 heavy (non-hydrogen) atoms. The van der Waals surface area contributed by atoms with E-state index in [1.54, 1.807) is 0 Å². The average Bonchev–Trinajstić information content (AvgIpc) is 2.61. The molecule has 0 bridgehead atoms. The normalized spacial score (nSPS) is 10.3. The summed E-state index contributed by atoms with van der Waals surface area (Å²) in [5, 5.41) is 8.56. The maximum atomic E-state index is 10.4. The molecule has 0 atom stereocenters. The lowest BCUT2D eigenvalue weighted by atomic mass is 10.1. The molecule has 0 saturated carbocycles. The van der Waals surface area contributed by atoms with Crippen LogP contribution in [-0.2, 0) is 11.4 Å². The van der Waals surface area contributed by atoms with Crippen LogP contribution in [0.1, 0.15) is 37.7 Å². The summed E-state index contributed by atoms with van der Waals surface area (Å²) in [5.41, 5.74) is 1.14. The molecule has 1 N–H and O–H groups in total. The number of carboxylic acids is 1. The van der Waals surface area contributed by atoms with Crippen LogP contribution in [0.2, 0.25) is 0 Å². The van der Waals surface area contributed by atoms with Gasteiger partial charge in [0.2, 0.25) is 0 Å². The highest BCUT2D eigenvalue weighted by atomic mass is 16.5. The summed E-state index contributed by atoms with van der Waals surface area (Å²) in [4.78, 5) is 10.4. The smallest absolute Gasteiger partial charge is 0.303 e. The monoisotopic (exact) mass is 328 g/mol. The largest absolute Gasteiger partial charge is 0.494 e. The number of benzene rings is 2. The van der Waals surface area contributed by atoms with E-state index >= 15 is 0 Å². The van der Waals surface area contributed by atoms with Crippen molar-refractivity contribution >= 4 is 5.97 Å². The predicted molar refractivity (Wildman–Crippen MR) is 93.4 cm³/mol. The molecule has 2 aromatic rings. The van der Waals surface area contributed by atoms with Gasteiger partial charge in [0.05, 0.1) is 6.61 Å². The van der Waals surface area contributed by atoms with Crippen molar-refractivity contribution in [2.45, 2.75) is 38.7 Å². The van der Waals surface area contributed by atoms with E-state index < -0.39 is 5.97 Å². The number of unbranched alkanes of at least 4 members (excludes halogenated alkanes) is 3. The van der Waals surface area contributed by atoms with E-state index in [2.05, 4.69) is 0 Å². The average molecular weight is 328 g/mol. The fraction of sp³-hybridized carbons (Fsp3) is 0.350. The van der Waals surface area contributed by atoms with Crippen LogP contribution in [0.3, 0.4) is 0 Å². The number of hydrogen-bond donors (Lipinski definition) is 1. The molecule has 0 unspecified atom stereocenters. The van der Waals surface area contributed by atoms with Gasteiger partial charge < -0.3 is 14.6 Å². The van der Waals surface area contributed by atoms with Crippen molar-refractivity contribution in [2.24, 2.45) is 0 Å². The van der Waals surface area contributed by atoms with Crippen LogP contribution < -0.4 is 9.47 Å². The summed E-state index contributed by atoms with van der Waals surface area (Å²) < 4.78 is 11.4. The molecule has 0 saturated heterocycles. The number of carbonyl (C=O) groups is 1. The molecule has 0 heterocycles. The summed E-state index contributed by atoms with van der Waals surface area (Å²) in [6.45, 7) is 1.20. The van der Waals surface area contributed by atoms with Gasteiger partial charge in [-0.05, 0) is 42.7 Å². The van der Waals surface area contributed by atoms with Crippen molar-refractivity contribution in [3.63, 3.8) is 0 Å². The molecule has 0 radical (unpaired) electrons. The Morgan fingerprint density at radius 3 is 2.08 bits per heavy atom. The van der Waals surface area contributed by atoms with Crippen LogP contribution in [-0.4, -0.2) is 17.7 Å². The molecule has 4 nitrogen and oxygen atoms in total. The summed E-state index contributed by atoms with van der Waals surface area (Å²) >= 11 is 0. The van der Waals surface area contributed by atoms with Gasteiger partial charge in [-0.25, -0.2) is 0 Å². The van der Waals surface area contributed by atoms with Crippen LogP contribution in [0.15, 0.2) is 54.6 Å². The first-order valence-electron chi connectivity index (χ1n) is 8.35. The number of ether oxygens (including phenoxy) is 2. The van der Waals surface area contributed by atoms with Gasteiger partial charge in [0, 0.05) is 6.42 Å². The van der Waals surface area contributed by atoms with Gasteiger partial charge in [-0.1, -0.05) is 43.2 Å². The third-order valence-corrected chi connectivity index (χ3v) is 3.63. The van der Waals surface area contributed by atoms with Crippen LogP contribution in [0.5, 0.6) is 11.5 Å². The fourth-order valence-electron chi connectivity index (χ4n) is 2.29. The van der Waals surface area contributed by atoms with Gasteiger partial charge in [-0.2, -0.15) is 0 Å². The zero-order chi connectivity index (χ0) is 17.0. The Balaban J connectivity index is 1.60. The molecule has 2 aromatic carbocycles. The molecule has 0 aliphatic carbocycles. The van der Waals surface area contributed by atoms with Crippen molar-refractivity contribution in [2.75, 3.05) is 6.61 Å². The first-order valence-corrected chi connectivity index (χ1v) is 8.35. The van der Waals surface area contributed by atoms with Gasteiger partial charge in [-0.15, -0.1) is 0 Å². The van der Waals surface area contributed by atoms with E-state index in [1.165, 1.54) is 0 Å². The Hall–Kier alpha value is -2.49. The zero-order valence-electron chi connectivity index (χ0n) is 13.8. The first-order chi connectivity index (χ1) is 11.7. The van der Waals surface area contributed by atoms with E-state index in [0.717, 1.165) is 42.7 Å². The highest BCUT2D eigenvalue weighted by Crippen LogP contribution is 2.19. The molecule has 128 valence electrons. The zero-order valence-corrected chi connectivity index (χ0v) is 13.8. The molecular formula is C20H24O4. The summed E-state index contributed by atoms with van der Waals surface area (Å²) in [6.07, 6.45) is 3.85. The van der Waals surface area contributed by atoms with E-state index in [1.807, 2.05) is 54.6 Å². The molecule has 2 rings (SSSR count). The molecule has 0 aliphatic rings. The van der Waals surface area contributed by atoms with Gasteiger partial charge in [0.1, 0.15) is 18.1 Å². The van der Waals surface area contributed by atoms with E-state index in [0.29, 0.717) is 13.2 Å². The lowest BCUT2D eigenvalue weighted by Gasteiger charge is -2.09. The number of hydrogen-bond acceptors (Lipinski definition) is 3. The summed E-state index contributed by atoms with van der Waals surface area (Å²) in [5.74, 6) is 0.924. The highest BCUT2D eigenvalue weighted by Gasteiger charge is 1.99. The van der Waals surface area contributed by atoms with Crippen molar-refractivity contribution in [1.82, 2.24) is 0 Å². The number of rotatable bonds is 11. The second-order valence-electron chi connectivity index (χ2n) is 5.65. The van der Waals surface area contributed by atoms with Crippen molar-refractivity contribution in [3.8, 4) is 11.5 Å². The topological polar surface area (TPSA) is 55.8 Å². The number of carboxylic acid groups (broad SMARTS) is 1. The van der Waals surface area contributed by atoms with Crippen molar-refractivity contribution in [1.29, 1.82) is 0 Å². The quantitative estimate of drug-likeness (QED) is 0.609. The number of aliphatic carboxylic acids is 1. The third-order valence-electron chi connectivity index (χ3n) is 3.63. The van der Waals surface area contributed by atoms with Crippen LogP contribution in [0.25, 0.3) is 0 Å². The summed E-state index contributed by atoms with van der Waals surface area (Å²) in [6, 6.07) is 17.7. The maximum absolute atomic E-state index is 10.4. The first kappa shape index (κ1) is 17.9. The SMILES string of the molecule is O=C(O)CCCCCCOc1ccc(OCc2ccccc2)cc1. The van der Waals surface area contributed by atoms with E-state index in [9.17, 15) is 4.79 Å². The van der Waals surface area contributed by atoms with Crippen LogP contribution in [0.4, 0.5) is 0 Å². The lowest BCUT2D eigenvalue weighted by Crippen LogP contribution is -1.99. The van der Waals surface area contributed by atoms with E-state index in [-0.39, 0.29) is 6.42 Å². The Morgan fingerprint density at radius 1 is 0.792 bits per heavy atom. The Bertz CT molecular complexity index is 593. The van der Waals surface area contributed by atoms with Gasteiger partial charge in [-0.3, -0.25) is 4.79 Å². The summed E-state index contributed by atoms with van der Waals surface area (Å²) in [7, 11) is 0. The Kier molecular flexibility index (Phi) is 7.68. The van der Waals surface area contributed by atoms with Crippen LogP contribution >= 0.6 is 0 Å². The van der Waals surface area contributed by atoms with Gasteiger partial charge in [0.25, 0.3) is 0 Å². The van der Waals surface area contributed by atoms with Crippen LogP contribution in [0, 0.1) is 0 Å². The minimum atomic E-state index is -0.721. The van der Waals surface area contributed by atoms with Crippen molar-refractivity contribution in [3.05, 3.63) is 60.2 Å².